The Hall–Kier alpha value is -0.800. The van der Waals surface area contributed by atoms with E-state index in [0.717, 1.165) is 18.5 Å². The molecule has 4 heteroatoms. The Bertz CT molecular complexity index is 511. The van der Waals surface area contributed by atoms with E-state index in [0.29, 0.717) is 11.3 Å². The van der Waals surface area contributed by atoms with Crippen LogP contribution in [0.5, 0.6) is 0 Å². The number of hydrogen-bond donors (Lipinski definition) is 1. The fourth-order valence-electron chi connectivity index (χ4n) is 2.46. The highest BCUT2D eigenvalue weighted by molar-refractivity contribution is 7.11. The Balaban J connectivity index is 1.72. The lowest BCUT2D eigenvalue weighted by Gasteiger charge is -2.14. The number of nitrogens with zero attached hydrogens (tertiary/aromatic N) is 1. The average Bonchev–Trinajstić information content (AvgIpc) is 2.93. The standard InChI is InChI=1S/C13H15ClN2S/c14-11-6-3-4-9(11)8-15-13-10-5-1-2-7-12(10)16-17-13/h1-2,5,7,9,11,15H,3-4,6,8H2. The van der Waals surface area contributed by atoms with Gasteiger partial charge in [0.25, 0.3) is 0 Å². The van der Waals surface area contributed by atoms with Crippen LogP contribution in [0.2, 0.25) is 0 Å². The van der Waals surface area contributed by atoms with Crippen molar-refractivity contribution in [3.05, 3.63) is 24.3 Å². The number of anilines is 1. The van der Waals surface area contributed by atoms with E-state index in [9.17, 15) is 0 Å². The van der Waals surface area contributed by atoms with Gasteiger partial charge >= 0.3 is 0 Å². The van der Waals surface area contributed by atoms with Crippen molar-refractivity contribution in [1.82, 2.24) is 4.37 Å². The molecule has 90 valence electrons. The molecule has 2 aromatic rings. The van der Waals surface area contributed by atoms with Crippen LogP contribution in [0.4, 0.5) is 5.00 Å². The Morgan fingerprint density at radius 3 is 3.06 bits per heavy atom. The molecule has 0 radical (unpaired) electrons. The zero-order chi connectivity index (χ0) is 11.7. The maximum absolute atomic E-state index is 6.28. The van der Waals surface area contributed by atoms with Crippen LogP contribution in [0.15, 0.2) is 24.3 Å². The summed E-state index contributed by atoms with van der Waals surface area (Å²) < 4.78 is 4.43. The van der Waals surface area contributed by atoms with E-state index >= 15 is 0 Å². The highest BCUT2D eigenvalue weighted by atomic mass is 35.5. The maximum atomic E-state index is 6.28. The number of fused-ring (bicyclic) bond motifs is 1. The summed E-state index contributed by atoms with van der Waals surface area (Å²) in [6, 6.07) is 8.25. The minimum Gasteiger partial charge on any atom is -0.375 e. The van der Waals surface area contributed by atoms with Gasteiger partial charge in [0.2, 0.25) is 0 Å². The van der Waals surface area contributed by atoms with Crippen LogP contribution in [0.1, 0.15) is 19.3 Å². The number of alkyl halides is 1. The second kappa shape index (κ2) is 4.83. The molecule has 2 atom stereocenters. The Morgan fingerprint density at radius 1 is 1.35 bits per heavy atom. The van der Waals surface area contributed by atoms with Gasteiger partial charge in [0, 0.05) is 17.3 Å². The Labute approximate surface area is 110 Å². The molecule has 1 aromatic heterocycles. The number of nitrogens with one attached hydrogen (secondary N) is 1. The van der Waals surface area contributed by atoms with Crippen molar-refractivity contribution in [3.8, 4) is 0 Å². The van der Waals surface area contributed by atoms with E-state index in [1.807, 2.05) is 6.07 Å². The Kier molecular flexibility index (Phi) is 3.21. The first-order valence-corrected chi connectivity index (χ1v) is 7.28. The second-order valence-corrected chi connectivity index (χ2v) is 5.95. The van der Waals surface area contributed by atoms with Gasteiger partial charge in [-0.2, -0.15) is 4.37 Å². The molecule has 3 rings (SSSR count). The van der Waals surface area contributed by atoms with Crippen LogP contribution in [-0.2, 0) is 0 Å². The van der Waals surface area contributed by atoms with E-state index in [1.165, 1.54) is 23.2 Å². The molecule has 1 aromatic carbocycles. The third kappa shape index (κ3) is 2.26. The number of hydrogen-bond acceptors (Lipinski definition) is 3. The van der Waals surface area contributed by atoms with Crippen molar-refractivity contribution < 1.29 is 0 Å². The molecule has 1 aliphatic carbocycles. The normalized spacial score (nSPS) is 24.3. The van der Waals surface area contributed by atoms with E-state index in [1.54, 1.807) is 11.5 Å². The predicted molar refractivity (Wildman–Crippen MR) is 75.1 cm³/mol. The molecular formula is C13H15ClN2S. The minimum atomic E-state index is 0.349. The predicted octanol–water partition coefficient (Wildman–Crippen LogP) is 4.12. The minimum absolute atomic E-state index is 0.349. The fraction of sp³-hybridized carbons (Fsp3) is 0.462. The van der Waals surface area contributed by atoms with Crippen LogP contribution in [-0.4, -0.2) is 16.3 Å². The van der Waals surface area contributed by atoms with Crippen LogP contribution < -0.4 is 5.32 Å². The summed E-state index contributed by atoms with van der Waals surface area (Å²) in [5.74, 6) is 0.609. The summed E-state index contributed by atoms with van der Waals surface area (Å²) in [6.45, 7) is 0.973. The molecule has 0 spiro atoms. The fourth-order valence-corrected chi connectivity index (χ4v) is 3.60. The molecule has 0 bridgehead atoms. The monoisotopic (exact) mass is 266 g/mol. The second-order valence-electron chi connectivity index (χ2n) is 4.62. The van der Waals surface area contributed by atoms with Gasteiger partial charge in [0.1, 0.15) is 5.00 Å². The van der Waals surface area contributed by atoms with Crippen molar-refractivity contribution in [1.29, 1.82) is 0 Å². The van der Waals surface area contributed by atoms with Crippen LogP contribution in [0.25, 0.3) is 10.9 Å². The molecule has 2 nitrogen and oxygen atoms in total. The van der Waals surface area contributed by atoms with Crippen molar-refractivity contribution in [2.45, 2.75) is 24.6 Å². The van der Waals surface area contributed by atoms with Crippen LogP contribution >= 0.6 is 23.1 Å². The van der Waals surface area contributed by atoms with E-state index in [-0.39, 0.29) is 0 Å². The highest BCUT2D eigenvalue weighted by Crippen LogP contribution is 2.32. The van der Waals surface area contributed by atoms with Crippen molar-refractivity contribution in [2.24, 2.45) is 5.92 Å². The van der Waals surface area contributed by atoms with Gasteiger partial charge in [0.05, 0.1) is 5.52 Å². The third-order valence-electron chi connectivity index (χ3n) is 3.48. The number of halogens is 1. The lowest BCUT2D eigenvalue weighted by molar-refractivity contribution is 0.587. The summed E-state index contributed by atoms with van der Waals surface area (Å²) in [7, 11) is 0. The topological polar surface area (TPSA) is 24.9 Å². The van der Waals surface area contributed by atoms with E-state index in [2.05, 4.69) is 27.9 Å². The van der Waals surface area contributed by atoms with Crippen LogP contribution in [0.3, 0.4) is 0 Å². The third-order valence-corrected chi connectivity index (χ3v) is 4.88. The van der Waals surface area contributed by atoms with E-state index < -0.39 is 0 Å². The first-order valence-electron chi connectivity index (χ1n) is 6.07. The molecule has 0 amide bonds. The number of aromatic nitrogens is 1. The molecule has 1 saturated carbocycles. The smallest absolute Gasteiger partial charge is 0.117 e. The first-order chi connectivity index (χ1) is 8.34. The Morgan fingerprint density at radius 2 is 2.24 bits per heavy atom. The first kappa shape index (κ1) is 11.3. The summed E-state index contributed by atoms with van der Waals surface area (Å²) in [5.41, 5.74) is 1.08. The molecule has 0 saturated heterocycles. The van der Waals surface area contributed by atoms with Gasteiger partial charge in [-0.05, 0) is 42.4 Å². The van der Waals surface area contributed by atoms with Crippen LogP contribution in [0, 0.1) is 5.92 Å². The average molecular weight is 267 g/mol. The zero-order valence-electron chi connectivity index (χ0n) is 9.53. The molecule has 1 N–H and O–H groups in total. The van der Waals surface area contributed by atoms with Crippen molar-refractivity contribution in [3.63, 3.8) is 0 Å². The molecular weight excluding hydrogens is 252 g/mol. The van der Waals surface area contributed by atoms with Gasteiger partial charge in [-0.15, -0.1) is 11.6 Å². The molecule has 17 heavy (non-hydrogen) atoms. The van der Waals surface area contributed by atoms with Gasteiger partial charge < -0.3 is 5.32 Å². The summed E-state index contributed by atoms with van der Waals surface area (Å²) >= 11 is 7.83. The van der Waals surface area contributed by atoms with Crippen molar-refractivity contribution in [2.75, 3.05) is 11.9 Å². The maximum Gasteiger partial charge on any atom is 0.117 e. The SMILES string of the molecule is ClC1CCCC1CNc1snc2ccccc12. The zero-order valence-corrected chi connectivity index (χ0v) is 11.1. The van der Waals surface area contributed by atoms with Gasteiger partial charge in [0.15, 0.2) is 0 Å². The van der Waals surface area contributed by atoms with Gasteiger partial charge in [-0.1, -0.05) is 18.6 Å². The molecule has 1 fully saturated rings. The summed E-state index contributed by atoms with van der Waals surface area (Å²) in [4.78, 5) is 0. The van der Waals surface area contributed by atoms with Crippen molar-refractivity contribution >= 4 is 39.0 Å². The highest BCUT2D eigenvalue weighted by Gasteiger charge is 2.25. The lowest BCUT2D eigenvalue weighted by atomic mass is 10.1. The molecule has 0 aliphatic heterocycles. The largest absolute Gasteiger partial charge is 0.375 e. The van der Waals surface area contributed by atoms with Gasteiger partial charge in [-0.25, -0.2) is 0 Å². The lowest BCUT2D eigenvalue weighted by Crippen LogP contribution is -2.17. The molecule has 2 unspecified atom stereocenters. The van der Waals surface area contributed by atoms with Gasteiger partial charge in [-0.3, -0.25) is 0 Å². The molecule has 1 heterocycles. The summed E-state index contributed by atoms with van der Waals surface area (Å²) in [5, 5.41) is 6.26. The summed E-state index contributed by atoms with van der Waals surface area (Å²) in [6.07, 6.45) is 3.68. The van der Waals surface area contributed by atoms with E-state index in [4.69, 9.17) is 11.6 Å². The number of rotatable bonds is 3. The number of benzene rings is 1. The molecule has 1 aliphatic rings. The quantitative estimate of drug-likeness (QED) is 0.846.